The van der Waals surface area contributed by atoms with Crippen molar-refractivity contribution in [3.05, 3.63) is 48.5 Å². The summed E-state index contributed by atoms with van der Waals surface area (Å²) in [6.07, 6.45) is 2.00. The lowest BCUT2D eigenvalue weighted by molar-refractivity contribution is -0.138. The average Bonchev–Trinajstić information content (AvgIpc) is 2.54. The number of thioether (sulfide) groups is 1. The van der Waals surface area contributed by atoms with Crippen molar-refractivity contribution in [2.45, 2.75) is 22.8 Å². The molecule has 0 aliphatic heterocycles. The van der Waals surface area contributed by atoms with E-state index < -0.39 is 22.0 Å². The van der Waals surface area contributed by atoms with E-state index in [0.29, 0.717) is 0 Å². The molecule has 5 nitrogen and oxygen atoms in total. The standard InChI is InChI=1S/C16H17NO4S2/c1-11(16(18)19)17-23(20,21)15-9-5-13(6-10-15)12-3-7-14(22-2)8-4-12/h3-11,17H,1-2H3,(H,18,19)/t11-/m1/s1. The topological polar surface area (TPSA) is 83.5 Å². The van der Waals surface area contributed by atoms with Gasteiger partial charge < -0.3 is 5.11 Å². The molecule has 23 heavy (non-hydrogen) atoms. The van der Waals surface area contributed by atoms with Gasteiger partial charge in [0, 0.05) is 4.90 Å². The van der Waals surface area contributed by atoms with Crippen molar-refractivity contribution >= 4 is 27.8 Å². The van der Waals surface area contributed by atoms with Crippen molar-refractivity contribution in [1.29, 1.82) is 0 Å². The molecule has 0 aromatic heterocycles. The predicted octanol–water partition coefficient (Wildman–Crippen LogP) is 2.83. The van der Waals surface area contributed by atoms with Gasteiger partial charge >= 0.3 is 5.97 Å². The largest absolute Gasteiger partial charge is 0.480 e. The number of hydrogen-bond donors (Lipinski definition) is 2. The van der Waals surface area contributed by atoms with Crippen LogP contribution in [0, 0.1) is 0 Å². The molecule has 0 heterocycles. The molecule has 0 saturated heterocycles. The van der Waals surface area contributed by atoms with Gasteiger partial charge in [0.1, 0.15) is 6.04 Å². The third-order valence-electron chi connectivity index (χ3n) is 3.29. The first kappa shape index (κ1) is 17.5. The van der Waals surface area contributed by atoms with Crippen LogP contribution in [-0.4, -0.2) is 31.8 Å². The van der Waals surface area contributed by atoms with Crippen molar-refractivity contribution in [2.75, 3.05) is 6.26 Å². The molecule has 1 atom stereocenters. The Morgan fingerprint density at radius 1 is 1.04 bits per heavy atom. The number of hydrogen-bond acceptors (Lipinski definition) is 4. The van der Waals surface area contributed by atoms with E-state index in [1.54, 1.807) is 23.9 Å². The lowest BCUT2D eigenvalue weighted by Gasteiger charge is -2.11. The Morgan fingerprint density at radius 2 is 1.52 bits per heavy atom. The van der Waals surface area contributed by atoms with Crippen LogP contribution in [0.3, 0.4) is 0 Å². The van der Waals surface area contributed by atoms with Gasteiger partial charge in [-0.05, 0) is 48.6 Å². The third-order valence-corrected chi connectivity index (χ3v) is 5.59. The van der Waals surface area contributed by atoms with Gasteiger partial charge in [-0.15, -0.1) is 11.8 Å². The molecule has 0 unspecified atom stereocenters. The molecule has 7 heteroatoms. The van der Waals surface area contributed by atoms with Crippen molar-refractivity contribution in [3.8, 4) is 11.1 Å². The molecule has 0 bridgehead atoms. The molecular weight excluding hydrogens is 334 g/mol. The Kier molecular flexibility index (Phi) is 5.46. The van der Waals surface area contributed by atoms with Crippen LogP contribution in [0.15, 0.2) is 58.3 Å². The van der Waals surface area contributed by atoms with Crippen LogP contribution in [-0.2, 0) is 14.8 Å². The maximum atomic E-state index is 12.1. The summed E-state index contributed by atoms with van der Waals surface area (Å²) in [4.78, 5) is 12.0. The first-order valence-corrected chi connectivity index (χ1v) is 9.54. The lowest BCUT2D eigenvalue weighted by atomic mass is 10.1. The molecule has 0 aliphatic carbocycles. The van der Waals surface area contributed by atoms with E-state index in [4.69, 9.17) is 5.11 Å². The summed E-state index contributed by atoms with van der Waals surface area (Å²) in [7, 11) is -3.85. The van der Waals surface area contributed by atoms with Crippen LogP contribution >= 0.6 is 11.8 Å². The van der Waals surface area contributed by atoms with Gasteiger partial charge in [-0.25, -0.2) is 8.42 Å². The minimum Gasteiger partial charge on any atom is -0.480 e. The highest BCUT2D eigenvalue weighted by molar-refractivity contribution is 7.98. The summed E-state index contributed by atoms with van der Waals surface area (Å²) in [5, 5.41) is 8.80. The Hall–Kier alpha value is -1.83. The van der Waals surface area contributed by atoms with E-state index in [1.807, 2.05) is 30.5 Å². The summed E-state index contributed by atoms with van der Waals surface area (Å²) in [6.45, 7) is 1.28. The first-order valence-electron chi connectivity index (χ1n) is 6.83. The predicted molar refractivity (Wildman–Crippen MR) is 91.1 cm³/mol. The van der Waals surface area contributed by atoms with Crippen LogP contribution in [0.2, 0.25) is 0 Å². The van der Waals surface area contributed by atoms with E-state index in [1.165, 1.54) is 19.1 Å². The Bertz CT molecular complexity index is 784. The number of carbonyl (C=O) groups is 1. The highest BCUT2D eigenvalue weighted by Crippen LogP contribution is 2.24. The minimum absolute atomic E-state index is 0.0371. The highest BCUT2D eigenvalue weighted by atomic mass is 32.2. The highest BCUT2D eigenvalue weighted by Gasteiger charge is 2.21. The molecule has 2 aromatic carbocycles. The number of sulfonamides is 1. The zero-order valence-corrected chi connectivity index (χ0v) is 14.3. The second kappa shape index (κ2) is 7.16. The maximum absolute atomic E-state index is 12.1. The summed E-state index contributed by atoms with van der Waals surface area (Å²) in [5.74, 6) is -1.22. The molecule has 0 amide bonds. The third kappa shape index (κ3) is 4.34. The summed E-state index contributed by atoms with van der Waals surface area (Å²) in [6, 6.07) is 13.1. The molecule has 0 aliphatic rings. The quantitative estimate of drug-likeness (QED) is 0.782. The van der Waals surface area contributed by atoms with E-state index in [-0.39, 0.29) is 4.90 Å². The van der Waals surface area contributed by atoms with Gasteiger partial charge in [0.2, 0.25) is 10.0 Å². The Balaban J connectivity index is 2.22. The van der Waals surface area contributed by atoms with Crippen LogP contribution in [0.25, 0.3) is 11.1 Å². The summed E-state index contributed by atoms with van der Waals surface area (Å²) < 4.78 is 26.3. The number of benzene rings is 2. The number of aliphatic carboxylic acids is 1. The SMILES string of the molecule is CSc1ccc(-c2ccc(S(=O)(=O)N[C@H](C)C(=O)O)cc2)cc1. The minimum atomic E-state index is -3.85. The fourth-order valence-electron chi connectivity index (χ4n) is 1.96. The van der Waals surface area contributed by atoms with E-state index >= 15 is 0 Å². The van der Waals surface area contributed by atoms with Gasteiger partial charge in [0.25, 0.3) is 0 Å². The molecule has 2 aromatic rings. The van der Waals surface area contributed by atoms with Crippen LogP contribution in [0.1, 0.15) is 6.92 Å². The van der Waals surface area contributed by atoms with Gasteiger partial charge in [0.15, 0.2) is 0 Å². The summed E-state index contributed by atoms with van der Waals surface area (Å²) in [5.41, 5.74) is 1.88. The van der Waals surface area contributed by atoms with E-state index in [0.717, 1.165) is 16.0 Å². The molecule has 0 fully saturated rings. The number of carboxylic acids is 1. The second-order valence-corrected chi connectivity index (χ2v) is 7.53. The monoisotopic (exact) mass is 351 g/mol. The first-order chi connectivity index (χ1) is 10.8. The smallest absolute Gasteiger partial charge is 0.321 e. The molecular formula is C16H17NO4S2. The van der Waals surface area contributed by atoms with Gasteiger partial charge in [-0.2, -0.15) is 4.72 Å². The Morgan fingerprint density at radius 3 is 1.96 bits per heavy atom. The van der Waals surface area contributed by atoms with E-state index in [2.05, 4.69) is 4.72 Å². The average molecular weight is 351 g/mol. The van der Waals surface area contributed by atoms with Crippen molar-refractivity contribution in [1.82, 2.24) is 4.72 Å². The normalized spacial score (nSPS) is 12.8. The molecule has 122 valence electrons. The maximum Gasteiger partial charge on any atom is 0.321 e. The zero-order chi connectivity index (χ0) is 17.0. The molecule has 0 radical (unpaired) electrons. The van der Waals surface area contributed by atoms with Crippen molar-refractivity contribution in [3.63, 3.8) is 0 Å². The molecule has 0 spiro atoms. The van der Waals surface area contributed by atoms with Crippen LogP contribution in [0.5, 0.6) is 0 Å². The number of rotatable bonds is 6. The summed E-state index contributed by atoms with van der Waals surface area (Å²) >= 11 is 1.65. The van der Waals surface area contributed by atoms with Gasteiger partial charge in [-0.1, -0.05) is 24.3 Å². The van der Waals surface area contributed by atoms with Gasteiger partial charge in [-0.3, -0.25) is 4.79 Å². The number of carboxylic acid groups (broad SMARTS) is 1. The fourth-order valence-corrected chi connectivity index (χ4v) is 3.57. The van der Waals surface area contributed by atoms with Crippen molar-refractivity contribution < 1.29 is 18.3 Å². The Labute approximate surface area is 139 Å². The fraction of sp³-hybridized carbons (Fsp3) is 0.188. The molecule has 2 N–H and O–H groups in total. The number of nitrogens with one attached hydrogen (secondary N) is 1. The second-order valence-electron chi connectivity index (χ2n) is 4.93. The van der Waals surface area contributed by atoms with Crippen LogP contribution < -0.4 is 4.72 Å². The van der Waals surface area contributed by atoms with Crippen LogP contribution in [0.4, 0.5) is 0 Å². The zero-order valence-electron chi connectivity index (χ0n) is 12.7. The lowest BCUT2D eigenvalue weighted by Crippen LogP contribution is -2.38. The van der Waals surface area contributed by atoms with Gasteiger partial charge in [0.05, 0.1) is 4.90 Å². The van der Waals surface area contributed by atoms with E-state index in [9.17, 15) is 13.2 Å². The molecule has 0 saturated carbocycles. The molecule has 2 rings (SSSR count). The van der Waals surface area contributed by atoms with Crippen molar-refractivity contribution in [2.24, 2.45) is 0 Å².